The Kier molecular flexibility index (Phi) is 7.38. The number of carbonyl (C=O) groups excluding carboxylic acids is 2. The van der Waals surface area contributed by atoms with E-state index in [0.29, 0.717) is 6.42 Å². The average molecular weight is 462 g/mol. The van der Waals surface area contributed by atoms with Gasteiger partial charge in [0.05, 0.1) is 12.2 Å². The van der Waals surface area contributed by atoms with Gasteiger partial charge in [0.2, 0.25) is 0 Å². The highest BCUT2D eigenvalue weighted by molar-refractivity contribution is 6.07. The van der Waals surface area contributed by atoms with Gasteiger partial charge in [0.25, 0.3) is 5.91 Å². The summed E-state index contributed by atoms with van der Waals surface area (Å²) in [4.78, 5) is 30.2. The molecular formula is C27H35N5O2. The Morgan fingerprint density at radius 2 is 1.91 bits per heavy atom. The summed E-state index contributed by atoms with van der Waals surface area (Å²) >= 11 is 0. The molecule has 0 saturated carbocycles. The fourth-order valence-electron chi connectivity index (χ4n) is 5.28. The number of benzene rings is 1. The van der Waals surface area contributed by atoms with Crippen molar-refractivity contribution in [2.45, 2.75) is 65.1 Å². The topological polar surface area (TPSA) is 70.5 Å². The smallest absolute Gasteiger partial charge is 0.323 e. The first-order chi connectivity index (χ1) is 16.5. The third-order valence-electron chi connectivity index (χ3n) is 7.32. The molecule has 7 nitrogen and oxygen atoms in total. The van der Waals surface area contributed by atoms with Crippen molar-refractivity contribution >= 4 is 11.9 Å². The van der Waals surface area contributed by atoms with Crippen LogP contribution < -0.4 is 5.32 Å². The molecule has 1 atom stereocenters. The first-order valence-corrected chi connectivity index (χ1v) is 12.3. The molecule has 4 rings (SSSR count). The van der Waals surface area contributed by atoms with Crippen LogP contribution in [-0.4, -0.2) is 56.7 Å². The number of rotatable bonds is 8. The van der Waals surface area contributed by atoms with Crippen molar-refractivity contribution < 1.29 is 9.59 Å². The highest BCUT2D eigenvalue weighted by atomic mass is 16.2. The summed E-state index contributed by atoms with van der Waals surface area (Å²) in [6, 6.07) is 9.87. The second-order valence-electron chi connectivity index (χ2n) is 9.35. The van der Waals surface area contributed by atoms with Crippen LogP contribution in [0.4, 0.5) is 4.79 Å². The van der Waals surface area contributed by atoms with Gasteiger partial charge >= 0.3 is 6.03 Å². The van der Waals surface area contributed by atoms with E-state index < -0.39 is 5.54 Å². The van der Waals surface area contributed by atoms with E-state index >= 15 is 0 Å². The number of piperidine rings is 1. The van der Waals surface area contributed by atoms with E-state index in [1.165, 1.54) is 16.0 Å². The van der Waals surface area contributed by atoms with Crippen LogP contribution in [0.1, 0.15) is 49.9 Å². The second kappa shape index (κ2) is 10.4. The molecule has 2 aliphatic heterocycles. The van der Waals surface area contributed by atoms with E-state index in [-0.39, 0.29) is 24.4 Å². The summed E-state index contributed by atoms with van der Waals surface area (Å²) in [5, 5.41) is 7.71. The molecule has 2 fully saturated rings. The van der Waals surface area contributed by atoms with Gasteiger partial charge in [-0.1, -0.05) is 36.3 Å². The Morgan fingerprint density at radius 1 is 1.18 bits per heavy atom. The first-order valence-electron chi connectivity index (χ1n) is 12.3. The van der Waals surface area contributed by atoms with Crippen LogP contribution in [0, 0.1) is 24.7 Å². The van der Waals surface area contributed by atoms with Crippen molar-refractivity contribution in [1.29, 1.82) is 0 Å². The summed E-state index contributed by atoms with van der Waals surface area (Å²) in [6.45, 7) is 9.56. The van der Waals surface area contributed by atoms with E-state index in [1.54, 1.807) is 6.92 Å². The molecule has 1 aromatic carbocycles. The Balaban J connectivity index is 1.49. The number of aryl methyl sites for hydroxylation is 3. The number of hydrogen-bond donors (Lipinski definition) is 1. The molecule has 0 bridgehead atoms. The average Bonchev–Trinajstić information content (AvgIpc) is 3.33. The van der Waals surface area contributed by atoms with Gasteiger partial charge in [-0.2, -0.15) is 5.10 Å². The maximum absolute atomic E-state index is 13.7. The number of nitrogens with zero attached hydrogens (tertiary/aromatic N) is 4. The molecule has 0 radical (unpaired) electrons. The highest BCUT2D eigenvalue weighted by Gasteiger charge is 2.55. The van der Waals surface area contributed by atoms with E-state index in [4.69, 9.17) is 0 Å². The molecule has 1 unspecified atom stereocenters. The van der Waals surface area contributed by atoms with Crippen LogP contribution in [0.15, 0.2) is 36.5 Å². The van der Waals surface area contributed by atoms with Crippen LogP contribution in [0.3, 0.4) is 0 Å². The number of carbonyl (C=O) groups is 2. The predicted molar refractivity (Wildman–Crippen MR) is 132 cm³/mol. The number of nitrogens with one attached hydrogen (secondary N) is 1. The molecule has 2 saturated heterocycles. The maximum atomic E-state index is 13.7. The van der Waals surface area contributed by atoms with Crippen LogP contribution in [0.25, 0.3) is 0 Å². The normalized spacial score (nSPS) is 21.4. The van der Waals surface area contributed by atoms with Gasteiger partial charge < -0.3 is 5.32 Å². The Bertz CT molecular complexity index is 1080. The van der Waals surface area contributed by atoms with Crippen molar-refractivity contribution in [3.63, 3.8) is 0 Å². The zero-order chi connectivity index (χ0) is 24.1. The Morgan fingerprint density at radius 3 is 2.56 bits per heavy atom. The molecular weight excluding hydrogens is 426 g/mol. The van der Waals surface area contributed by atoms with Crippen molar-refractivity contribution in [1.82, 2.24) is 24.9 Å². The van der Waals surface area contributed by atoms with Crippen LogP contribution >= 0.6 is 0 Å². The van der Waals surface area contributed by atoms with Gasteiger partial charge in [0.1, 0.15) is 5.54 Å². The third kappa shape index (κ3) is 4.88. The lowest BCUT2D eigenvalue weighted by Gasteiger charge is -2.41. The van der Waals surface area contributed by atoms with Gasteiger partial charge in [-0.3, -0.25) is 19.3 Å². The molecule has 1 N–H and O–H groups in total. The lowest BCUT2D eigenvalue weighted by Crippen LogP contribution is -2.56. The first kappa shape index (κ1) is 24.0. The molecule has 3 amide bonds. The monoisotopic (exact) mass is 461 g/mol. The molecule has 3 heterocycles. The SMILES string of the molecule is CC#CCN1C(=O)NC(CCc2ccccc2)(C2CCN(Cc3cn(CC)nc3C)CC2)C1=O. The fourth-order valence-corrected chi connectivity index (χ4v) is 5.28. The van der Waals surface area contributed by atoms with Crippen molar-refractivity contribution in [3.05, 3.63) is 53.3 Å². The van der Waals surface area contributed by atoms with Gasteiger partial charge in [-0.05, 0) is 71.0 Å². The van der Waals surface area contributed by atoms with Crippen LogP contribution in [-0.2, 0) is 24.3 Å². The molecule has 2 aromatic rings. The number of likely N-dealkylation sites (tertiary alicyclic amines) is 1. The summed E-state index contributed by atoms with van der Waals surface area (Å²) in [7, 11) is 0. The summed E-state index contributed by atoms with van der Waals surface area (Å²) < 4.78 is 1.98. The molecule has 1 aromatic heterocycles. The number of aromatic nitrogens is 2. The van der Waals surface area contributed by atoms with E-state index in [1.807, 2.05) is 22.9 Å². The van der Waals surface area contributed by atoms with Crippen molar-refractivity contribution in [2.24, 2.45) is 5.92 Å². The lowest BCUT2D eigenvalue weighted by atomic mass is 9.74. The Labute approximate surface area is 202 Å². The zero-order valence-corrected chi connectivity index (χ0v) is 20.5. The fraction of sp³-hybridized carbons (Fsp3) is 0.519. The Hall–Kier alpha value is -3.11. The van der Waals surface area contributed by atoms with Crippen LogP contribution in [0.5, 0.6) is 0 Å². The third-order valence-corrected chi connectivity index (χ3v) is 7.32. The minimum absolute atomic E-state index is 0.1000. The number of imide groups is 1. The van der Waals surface area contributed by atoms with Gasteiger partial charge in [-0.15, -0.1) is 5.92 Å². The van der Waals surface area contributed by atoms with E-state index in [2.05, 4.69) is 59.3 Å². The number of hydrogen-bond acceptors (Lipinski definition) is 4. The minimum atomic E-state index is -0.864. The molecule has 0 spiro atoms. The highest BCUT2D eigenvalue weighted by Crippen LogP contribution is 2.37. The lowest BCUT2D eigenvalue weighted by molar-refractivity contribution is -0.134. The van der Waals surface area contributed by atoms with Crippen molar-refractivity contribution in [3.8, 4) is 11.8 Å². The number of urea groups is 1. The number of amides is 3. The summed E-state index contributed by atoms with van der Waals surface area (Å²) in [6.07, 6.45) is 5.22. The molecule has 180 valence electrons. The standard InChI is InChI=1S/C27H35N5O2/c1-4-6-16-32-25(33)27(28-26(32)34,15-12-22-10-8-7-9-11-22)24-13-17-30(18-14-24)19-23-20-31(5-2)29-21(23)3/h7-11,20,24H,5,12-19H2,1-3H3,(H,28,34). The maximum Gasteiger partial charge on any atom is 0.325 e. The van der Waals surface area contributed by atoms with Gasteiger partial charge in [-0.25, -0.2) is 4.79 Å². The van der Waals surface area contributed by atoms with E-state index in [0.717, 1.165) is 51.1 Å². The van der Waals surface area contributed by atoms with Crippen LogP contribution in [0.2, 0.25) is 0 Å². The molecule has 2 aliphatic rings. The minimum Gasteiger partial charge on any atom is -0.323 e. The summed E-state index contributed by atoms with van der Waals surface area (Å²) in [5.41, 5.74) is 2.65. The van der Waals surface area contributed by atoms with E-state index in [9.17, 15) is 9.59 Å². The molecule has 7 heteroatoms. The largest absolute Gasteiger partial charge is 0.325 e. The quantitative estimate of drug-likeness (QED) is 0.483. The summed E-state index contributed by atoms with van der Waals surface area (Å²) in [5.74, 6) is 5.68. The second-order valence-corrected chi connectivity index (χ2v) is 9.35. The predicted octanol–water partition coefficient (Wildman–Crippen LogP) is 3.37. The van der Waals surface area contributed by atoms with Gasteiger partial charge in [0, 0.05) is 24.8 Å². The van der Waals surface area contributed by atoms with Crippen molar-refractivity contribution in [2.75, 3.05) is 19.6 Å². The van der Waals surface area contributed by atoms with Gasteiger partial charge in [0.15, 0.2) is 0 Å². The molecule has 34 heavy (non-hydrogen) atoms. The molecule has 0 aliphatic carbocycles. The zero-order valence-electron chi connectivity index (χ0n) is 20.5.